The minimum atomic E-state index is -0.481. The molecule has 3 N–H and O–H groups in total. The lowest BCUT2D eigenvalue weighted by atomic mass is 10.1. The maximum absolute atomic E-state index is 11.3. The maximum atomic E-state index is 11.3. The summed E-state index contributed by atoms with van der Waals surface area (Å²) >= 11 is 1.62. The van der Waals surface area contributed by atoms with Gasteiger partial charge in [0, 0.05) is 23.1 Å². The van der Waals surface area contributed by atoms with Crippen LogP contribution in [0.3, 0.4) is 0 Å². The summed E-state index contributed by atoms with van der Waals surface area (Å²) in [4.78, 5) is 16.9. The SMILES string of the molecule is COC(=O)Nc1ccc(-c2cnc(-c3ccc(N)cc3)s2)c(C)c1. The lowest BCUT2D eigenvalue weighted by Gasteiger charge is -2.07. The highest BCUT2D eigenvalue weighted by Crippen LogP contribution is 2.34. The highest BCUT2D eigenvalue weighted by Gasteiger charge is 2.10. The summed E-state index contributed by atoms with van der Waals surface area (Å²) in [5.74, 6) is 0. The van der Waals surface area contributed by atoms with Gasteiger partial charge in [0.25, 0.3) is 0 Å². The van der Waals surface area contributed by atoms with Gasteiger partial charge in [-0.1, -0.05) is 6.07 Å². The second-order valence-electron chi connectivity index (χ2n) is 5.30. The number of carbonyl (C=O) groups is 1. The Labute approximate surface area is 144 Å². The first-order chi connectivity index (χ1) is 11.6. The minimum absolute atomic E-state index is 0.481. The first-order valence-corrected chi connectivity index (χ1v) is 8.16. The van der Waals surface area contributed by atoms with Crippen molar-refractivity contribution < 1.29 is 9.53 Å². The normalized spacial score (nSPS) is 10.4. The summed E-state index contributed by atoms with van der Waals surface area (Å²) < 4.78 is 4.60. The largest absolute Gasteiger partial charge is 0.453 e. The number of amides is 1. The van der Waals surface area contributed by atoms with Crippen LogP contribution in [0.15, 0.2) is 48.7 Å². The van der Waals surface area contributed by atoms with Crippen LogP contribution in [-0.2, 0) is 4.74 Å². The van der Waals surface area contributed by atoms with Crippen LogP contribution in [0, 0.1) is 6.92 Å². The predicted octanol–water partition coefficient (Wildman–Crippen LogP) is 4.55. The molecule has 6 heteroatoms. The van der Waals surface area contributed by atoms with Crippen LogP contribution in [0.25, 0.3) is 21.0 Å². The quantitative estimate of drug-likeness (QED) is 0.687. The first-order valence-electron chi connectivity index (χ1n) is 7.34. The number of hydrogen-bond donors (Lipinski definition) is 2. The predicted molar refractivity (Wildman–Crippen MR) is 98.2 cm³/mol. The molecule has 3 aromatic rings. The highest BCUT2D eigenvalue weighted by molar-refractivity contribution is 7.18. The second kappa shape index (κ2) is 6.72. The first kappa shape index (κ1) is 16.0. The molecule has 0 saturated heterocycles. The Morgan fingerprint density at radius 2 is 1.96 bits per heavy atom. The molecule has 1 aromatic heterocycles. The molecule has 0 fully saturated rings. The minimum Gasteiger partial charge on any atom is -0.453 e. The van der Waals surface area contributed by atoms with Crippen molar-refractivity contribution >= 4 is 28.8 Å². The van der Waals surface area contributed by atoms with Crippen molar-refractivity contribution in [2.45, 2.75) is 6.92 Å². The molecule has 0 aliphatic carbocycles. The Bertz CT molecular complexity index is 872. The van der Waals surface area contributed by atoms with Crippen molar-refractivity contribution in [1.29, 1.82) is 0 Å². The third-order valence-electron chi connectivity index (χ3n) is 3.59. The van der Waals surface area contributed by atoms with Crippen molar-refractivity contribution in [3.63, 3.8) is 0 Å². The number of hydrogen-bond acceptors (Lipinski definition) is 5. The van der Waals surface area contributed by atoms with Crippen LogP contribution in [-0.4, -0.2) is 18.2 Å². The van der Waals surface area contributed by atoms with Crippen molar-refractivity contribution in [2.75, 3.05) is 18.2 Å². The van der Waals surface area contributed by atoms with E-state index in [1.807, 2.05) is 55.6 Å². The number of aromatic nitrogens is 1. The Kier molecular flexibility index (Phi) is 4.48. The van der Waals surface area contributed by atoms with E-state index in [1.165, 1.54) is 7.11 Å². The van der Waals surface area contributed by atoms with E-state index in [2.05, 4.69) is 15.0 Å². The summed E-state index contributed by atoms with van der Waals surface area (Å²) in [6, 6.07) is 13.4. The van der Waals surface area contributed by atoms with Gasteiger partial charge in [0.1, 0.15) is 5.01 Å². The number of carbonyl (C=O) groups excluding carboxylic acids is 1. The maximum Gasteiger partial charge on any atom is 0.411 e. The van der Waals surface area contributed by atoms with Gasteiger partial charge in [-0.05, 0) is 54.4 Å². The molecule has 0 atom stereocenters. The van der Waals surface area contributed by atoms with Gasteiger partial charge in [0.2, 0.25) is 0 Å². The zero-order valence-electron chi connectivity index (χ0n) is 13.4. The van der Waals surface area contributed by atoms with E-state index in [0.717, 1.165) is 32.3 Å². The number of methoxy groups -OCH3 is 1. The highest BCUT2D eigenvalue weighted by atomic mass is 32.1. The van der Waals surface area contributed by atoms with E-state index in [9.17, 15) is 4.79 Å². The molecular weight excluding hydrogens is 322 g/mol. The number of nitrogens with two attached hydrogens (primary N) is 1. The Morgan fingerprint density at radius 3 is 2.62 bits per heavy atom. The van der Waals surface area contributed by atoms with Gasteiger partial charge in [0.15, 0.2) is 0 Å². The fourth-order valence-electron chi connectivity index (χ4n) is 2.34. The van der Waals surface area contributed by atoms with E-state index in [0.29, 0.717) is 5.69 Å². The standard InChI is InChI=1S/C18H17N3O2S/c1-11-9-14(21-18(22)23-2)7-8-15(11)16-10-20-17(24-16)12-3-5-13(19)6-4-12/h3-10H,19H2,1-2H3,(H,21,22). The number of nitrogens with zero attached hydrogens (tertiary/aromatic N) is 1. The smallest absolute Gasteiger partial charge is 0.411 e. The van der Waals surface area contributed by atoms with Gasteiger partial charge in [-0.3, -0.25) is 5.32 Å². The second-order valence-corrected chi connectivity index (χ2v) is 6.33. The van der Waals surface area contributed by atoms with E-state index in [1.54, 1.807) is 11.3 Å². The van der Waals surface area contributed by atoms with E-state index in [4.69, 9.17) is 5.73 Å². The van der Waals surface area contributed by atoms with Crippen molar-refractivity contribution in [2.24, 2.45) is 0 Å². The summed E-state index contributed by atoms with van der Waals surface area (Å²) in [5.41, 5.74) is 10.3. The molecule has 1 heterocycles. The molecule has 0 saturated carbocycles. The fourth-order valence-corrected chi connectivity index (χ4v) is 3.36. The zero-order chi connectivity index (χ0) is 17.1. The molecule has 0 unspecified atom stereocenters. The van der Waals surface area contributed by atoms with Crippen LogP contribution in [0.1, 0.15) is 5.56 Å². The van der Waals surface area contributed by atoms with Gasteiger partial charge in [-0.2, -0.15) is 0 Å². The van der Waals surface area contributed by atoms with E-state index >= 15 is 0 Å². The molecule has 5 nitrogen and oxygen atoms in total. The summed E-state index contributed by atoms with van der Waals surface area (Å²) in [5, 5.41) is 3.61. The monoisotopic (exact) mass is 339 g/mol. The molecule has 0 aliphatic rings. The van der Waals surface area contributed by atoms with Crippen molar-refractivity contribution in [3.8, 4) is 21.0 Å². The van der Waals surface area contributed by atoms with Crippen LogP contribution in [0.4, 0.5) is 16.2 Å². The number of nitrogens with one attached hydrogen (secondary N) is 1. The van der Waals surface area contributed by atoms with Crippen LogP contribution in [0.5, 0.6) is 0 Å². The van der Waals surface area contributed by atoms with Gasteiger partial charge < -0.3 is 10.5 Å². The average Bonchev–Trinajstić information content (AvgIpc) is 3.05. The number of thiazole rings is 1. The van der Waals surface area contributed by atoms with Crippen molar-refractivity contribution in [1.82, 2.24) is 4.98 Å². The zero-order valence-corrected chi connectivity index (χ0v) is 14.2. The molecule has 0 aliphatic heterocycles. The molecule has 2 aromatic carbocycles. The Morgan fingerprint density at radius 1 is 1.21 bits per heavy atom. The topological polar surface area (TPSA) is 77.2 Å². The summed E-state index contributed by atoms with van der Waals surface area (Å²) in [6.45, 7) is 2.00. The summed E-state index contributed by atoms with van der Waals surface area (Å²) in [7, 11) is 1.34. The molecule has 0 bridgehead atoms. The molecule has 1 amide bonds. The summed E-state index contributed by atoms with van der Waals surface area (Å²) in [6.07, 6.45) is 1.39. The van der Waals surface area contributed by atoms with Gasteiger partial charge in [0.05, 0.1) is 12.0 Å². The Hall–Kier alpha value is -2.86. The van der Waals surface area contributed by atoms with E-state index in [-0.39, 0.29) is 0 Å². The van der Waals surface area contributed by atoms with Crippen LogP contribution >= 0.6 is 11.3 Å². The average molecular weight is 339 g/mol. The number of benzene rings is 2. The lowest BCUT2D eigenvalue weighted by Crippen LogP contribution is -2.10. The van der Waals surface area contributed by atoms with E-state index < -0.39 is 6.09 Å². The number of anilines is 2. The molecule has 0 spiro atoms. The van der Waals surface area contributed by atoms with Gasteiger partial charge in [-0.15, -0.1) is 11.3 Å². The number of rotatable bonds is 3. The number of ether oxygens (including phenoxy) is 1. The third kappa shape index (κ3) is 3.38. The number of aryl methyl sites for hydroxylation is 1. The van der Waals surface area contributed by atoms with Crippen LogP contribution in [0.2, 0.25) is 0 Å². The molecule has 122 valence electrons. The van der Waals surface area contributed by atoms with Crippen LogP contribution < -0.4 is 11.1 Å². The Balaban J connectivity index is 1.87. The van der Waals surface area contributed by atoms with Gasteiger partial charge >= 0.3 is 6.09 Å². The lowest BCUT2D eigenvalue weighted by molar-refractivity contribution is 0.187. The molecule has 3 rings (SSSR count). The number of nitrogen functional groups attached to an aromatic ring is 1. The fraction of sp³-hybridized carbons (Fsp3) is 0.111. The third-order valence-corrected chi connectivity index (χ3v) is 4.67. The van der Waals surface area contributed by atoms with Gasteiger partial charge in [-0.25, -0.2) is 9.78 Å². The molecule has 0 radical (unpaired) electrons. The van der Waals surface area contributed by atoms with Crippen molar-refractivity contribution in [3.05, 3.63) is 54.2 Å². The molecular formula is C18H17N3O2S. The molecule has 24 heavy (non-hydrogen) atoms.